The van der Waals surface area contributed by atoms with E-state index in [1.165, 1.54) is 17.1 Å². The van der Waals surface area contributed by atoms with Gasteiger partial charge < -0.3 is 9.64 Å². The molecule has 0 heterocycles. The molecule has 0 atom stereocenters. The van der Waals surface area contributed by atoms with Crippen LogP contribution in [0.1, 0.15) is 10.4 Å². The van der Waals surface area contributed by atoms with Gasteiger partial charge in [-0.25, -0.2) is 0 Å². The van der Waals surface area contributed by atoms with Crippen LogP contribution in [0.25, 0.3) is 0 Å². The molecule has 0 saturated heterocycles. The standard InChI is InChI=1S/C13H15NO3/c1-14(2)13(16)9-8-12(15)10-4-6-11(17-3)7-5-10/h4-9H,1-3H3/b9-8+. The van der Waals surface area contributed by atoms with Gasteiger partial charge in [0.05, 0.1) is 7.11 Å². The summed E-state index contributed by atoms with van der Waals surface area (Å²) < 4.78 is 4.99. The maximum Gasteiger partial charge on any atom is 0.246 e. The summed E-state index contributed by atoms with van der Waals surface area (Å²) in [6.45, 7) is 0. The van der Waals surface area contributed by atoms with Crippen LogP contribution < -0.4 is 4.74 Å². The molecule has 0 unspecified atom stereocenters. The number of benzene rings is 1. The van der Waals surface area contributed by atoms with Crippen LogP contribution in [0, 0.1) is 0 Å². The number of hydrogen-bond donors (Lipinski definition) is 0. The molecule has 0 radical (unpaired) electrons. The molecule has 0 N–H and O–H groups in total. The van der Waals surface area contributed by atoms with Gasteiger partial charge in [0.25, 0.3) is 0 Å². The molecule has 0 aliphatic heterocycles. The number of ketones is 1. The summed E-state index contributed by atoms with van der Waals surface area (Å²) in [6, 6.07) is 6.72. The number of methoxy groups -OCH3 is 1. The summed E-state index contributed by atoms with van der Waals surface area (Å²) in [5, 5.41) is 0. The van der Waals surface area contributed by atoms with E-state index in [1.807, 2.05) is 0 Å². The van der Waals surface area contributed by atoms with Gasteiger partial charge in [-0.2, -0.15) is 0 Å². The maximum absolute atomic E-state index is 11.7. The van der Waals surface area contributed by atoms with Crippen LogP contribution >= 0.6 is 0 Å². The van der Waals surface area contributed by atoms with Crippen molar-refractivity contribution < 1.29 is 14.3 Å². The summed E-state index contributed by atoms with van der Waals surface area (Å²) in [7, 11) is 4.82. The number of amides is 1. The second-order valence-corrected chi connectivity index (χ2v) is 3.66. The second kappa shape index (κ2) is 5.84. The number of nitrogens with zero attached hydrogens (tertiary/aromatic N) is 1. The number of rotatable bonds is 4. The van der Waals surface area contributed by atoms with Gasteiger partial charge in [-0.15, -0.1) is 0 Å². The van der Waals surface area contributed by atoms with Gasteiger partial charge in [-0.3, -0.25) is 9.59 Å². The quantitative estimate of drug-likeness (QED) is 0.585. The molecular formula is C13H15NO3. The fourth-order valence-electron chi connectivity index (χ4n) is 1.15. The molecule has 4 nitrogen and oxygen atoms in total. The van der Waals surface area contributed by atoms with Crippen molar-refractivity contribution in [2.75, 3.05) is 21.2 Å². The SMILES string of the molecule is COc1ccc(C(=O)/C=C/C(=O)N(C)C)cc1. The van der Waals surface area contributed by atoms with E-state index >= 15 is 0 Å². The van der Waals surface area contributed by atoms with Crippen molar-refractivity contribution in [1.82, 2.24) is 4.90 Å². The largest absolute Gasteiger partial charge is 0.497 e. The number of likely N-dealkylation sites (N-methyl/N-ethyl adjacent to an activating group) is 1. The molecule has 1 aromatic carbocycles. The van der Waals surface area contributed by atoms with E-state index in [0.717, 1.165) is 0 Å². The second-order valence-electron chi connectivity index (χ2n) is 3.66. The van der Waals surface area contributed by atoms with Crippen LogP contribution in [-0.2, 0) is 4.79 Å². The highest BCUT2D eigenvalue weighted by Crippen LogP contribution is 2.11. The normalized spacial score (nSPS) is 10.3. The Morgan fingerprint density at radius 3 is 2.18 bits per heavy atom. The maximum atomic E-state index is 11.7. The highest BCUT2D eigenvalue weighted by atomic mass is 16.5. The van der Waals surface area contributed by atoms with Crippen molar-refractivity contribution in [1.29, 1.82) is 0 Å². The summed E-state index contributed by atoms with van der Waals surface area (Å²) >= 11 is 0. The number of carbonyl (C=O) groups excluding carboxylic acids is 2. The summed E-state index contributed by atoms with van der Waals surface area (Å²) in [4.78, 5) is 24.3. The van der Waals surface area contributed by atoms with Crippen molar-refractivity contribution >= 4 is 11.7 Å². The van der Waals surface area contributed by atoms with Gasteiger partial charge in [0.1, 0.15) is 5.75 Å². The zero-order valence-corrected chi connectivity index (χ0v) is 10.1. The molecule has 0 bridgehead atoms. The van der Waals surface area contributed by atoms with Gasteiger partial charge in [-0.1, -0.05) is 0 Å². The molecule has 0 fully saturated rings. The topological polar surface area (TPSA) is 46.6 Å². The third-order valence-corrected chi connectivity index (χ3v) is 2.19. The van der Waals surface area contributed by atoms with Crippen LogP contribution in [-0.4, -0.2) is 37.8 Å². The fraction of sp³-hybridized carbons (Fsp3) is 0.231. The lowest BCUT2D eigenvalue weighted by Gasteiger charge is -2.05. The van der Waals surface area contributed by atoms with Crippen LogP contribution in [0.4, 0.5) is 0 Å². The lowest BCUT2D eigenvalue weighted by Crippen LogP contribution is -2.19. The van der Waals surface area contributed by atoms with E-state index in [9.17, 15) is 9.59 Å². The number of hydrogen-bond acceptors (Lipinski definition) is 3. The van der Waals surface area contributed by atoms with E-state index in [-0.39, 0.29) is 11.7 Å². The average molecular weight is 233 g/mol. The monoisotopic (exact) mass is 233 g/mol. The first kappa shape index (κ1) is 13.0. The summed E-state index contributed by atoms with van der Waals surface area (Å²) in [5.41, 5.74) is 0.522. The molecule has 0 spiro atoms. The zero-order chi connectivity index (χ0) is 12.8. The Hall–Kier alpha value is -2.10. The minimum Gasteiger partial charge on any atom is -0.497 e. The van der Waals surface area contributed by atoms with Crippen LogP contribution in [0.3, 0.4) is 0 Å². The Morgan fingerprint density at radius 1 is 1.12 bits per heavy atom. The first-order valence-electron chi connectivity index (χ1n) is 5.12. The first-order valence-corrected chi connectivity index (χ1v) is 5.12. The Balaban J connectivity index is 2.73. The highest BCUT2D eigenvalue weighted by molar-refractivity contribution is 6.07. The van der Waals surface area contributed by atoms with Crippen LogP contribution in [0.15, 0.2) is 36.4 Å². The van der Waals surface area contributed by atoms with Crippen molar-refractivity contribution in [2.45, 2.75) is 0 Å². The van der Waals surface area contributed by atoms with E-state index in [0.29, 0.717) is 11.3 Å². The van der Waals surface area contributed by atoms with Gasteiger partial charge in [0.2, 0.25) is 5.91 Å². The summed E-state index contributed by atoms with van der Waals surface area (Å²) in [5.74, 6) is 0.268. The van der Waals surface area contributed by atoms with Crippen LogP contribution in [0.5, 0.6) is 5.75 Å². The molecule has 1 aromatic rings. The molecule has 1 rings (SSSR count). The van der Waals surface area contributed by atoms with E-state index in [1.54, 1.807) is 45.5 Å². The predicted molar refractivity (Wildman–Crippen MR) is 65.2 cm³/mol. The molecule has 0 aliphatic rings. The van der Waals surface area contributed by atoms with Gasteiger partial charge in [0.15, 0.2) is 5.78 Å². The van der Waals surface area contributed by atoms with Crippen molar-refractivity contribution in [2.24, 2.45) is 0 Å². The van der Waals surface area contributed by atoms with Gasteiger partial charge in [0, 0.05) is 25.7 Å². The molecular weight excluding hydrogens is 218 g/mol. The lowest BCUT2D eigenvalue weighted by atomic mass is 10.1. The third kappa shape index (κ3) is 3.75. The Labute approximate surface area is 100 Å². The number of carbonyl (C=O) groups is 2. The Bertz CT molecular complexity index is 432. The average Bonchev–Trinajstić information content (AvgIpc) is 2.35. The third-order valence-electron chi connectivity index (χ3n) is 2.19. The van der Waals surface area contributed by atoms with Crippen molar-refractivity contribution in [3.63, 3.8) is 0 Å². The van der Waals surface area contributed by atoms with Crippen molar-refractivity contribution in [3.8, 4) is 5.75 Å². The minimum absolute atomic E-state index is 0.206. The first-order chi connectivity index (χ1) is 8.04. The fourth-order valence-corrected chi connectivity index (χ4v) is 1.15. The molecule has 0 saturated carbocycles. The lowest BCUT2D eigenvalue weighted by molar-refractivity contribution is -0.123. The molecule has 4 heteroatoms. The van der Waals surface area contributed by atoms with E-state index in [2.05, 4.69) is 0 Å². The molecule has 90 valence electrons. The van der Waals surface area contributed by atoms with Crippen molar-refractivity contribution in [3.05, 3.63) is 42.0 Å². The molecule has 17 heavy (non-hydrogen) atoms. The van der Waals surface area contributed by atoms with E-state index in [4.69, 9.17) is 4.74 Å². The van der Waals surface area contributed by atoms with E-state index < -0.39 is 0 Å². The number of allylic oxidation sites excluding steroid dienone is 1. The predicted octanol–water partition coefficient (Wildman–Crippen LogP) is 1.52. The highest BCUT2D eigenvalue weighted by Gasteiger charge is 2.03. The number of ether oxygens (including phenoxy) is 1. The zero-order valence-electron chi connectivity index (χ0n) is 10.1. The van der Waals surface area contributed by atoms with Crippen LogP contribution in [0.2, 0.25) is 0 Å². The summed E-state index contributed by atoms with van der Waals surface area (Å²) in [6.07, 6.45) is 2.52. The minimum atomic E-state index is -0.216. The Kier molecular flexibility index (Phi) is 4.46. The Morgan fingerprint density at radius 2 is 1.71 bits per heavy atom. The van der Waals surface area contributed by atoms with Gasteiger partial charge >= 0.3 is 0 Å². The smallest absolute Gasteiger partial charge is 0.246 e. The molecule has 0 aromatic heterocycles. The molecule has 0 aliphatic carbocycles. The van der Waals surface area contributed by atoms with Gasteiger partial charge in [-0.05, 0) is 30.3 Å². The molecule has 1 amide bonds.